The fraction of sp³-hybridized carbons (Fsp3) is 0.360. The summed E-state index contributed by atoms with van der Waals surface area (Å²) in [7, 11) is 0. The van der Waals surface area contributed by atoms with Gasteiger partial charge in [0.2, 0.25) is 11.8 Å². The van der Waals surface area contributed by atoms with E-state index in [0.717, 1.165) is 4.90 Å². The number of halogens is 1. The molecule has 2 aromatic rings. The summed E-state index contributed by atoms with van der Waals surface area (Å²) in [5.74, 6) is -5.34. The Morgan fingerprint density at radius 2 is 1.79 bits per heavy atom. The molecule has 5 atom stereocenters. The van der Waals surface area contributed by atoms with Gasteiger partial charge in [0, 0.05) is 21.6 Å². The van der Waals surface area contributed by atoms with Crippen molar-refractivity contribution < 1.29 is 29.4 Å². The van der Waals surface area contributed by atoms with Crippen LogP contribution in [0.25, 0.3) is 0 Å². The highest BCUT2D eigenvalue weighted by molar-refractivity contribution is 9.10. The summed E-state index contributed by atoms with van der Waals surface area (Å²) in [6, 6.07) is 9.90. The zero-order valence-corrected chi connectivity index (χ0v) is 20.5. The quantitative estimate of drug-likeness (QED) is 0.385. The van der Waals surface area contributed by atoms with E-state index < -0.39 is 47.1 Å². The smallest absolute Gasteiger partial charge is 0.325 e. The number of benzene rings is 2. The molecule has 2 aliphatic heterocycles. The highest BCUT2D eigenvalue weighted by Crippen LogP contribution is 2.54. The fourth-order valence-electron chi connectivity index (χ4n) is 5.26. The molecule has 4 rings (SSSR count). The molecule has 2 heterocycles. The van der Waals surface area contributed by atoms with E-state index in [-0.39, 0.29) is 17.2 Å². The Labute approximate surface area is 205 Å². The van der Waals surface area contributed by atoms with Crippen LogP contribution < -0.4 is 10.2 Å². The third-order valence-corrected chi connectivity index (χ3v) is 7.69. The number of phenolic OH excluding ortho intramolecular Hbond substituents is 1. The van der Waals surface area contributed by atoms with Crippen LogP contribution in [-0.2, 0) is 14.4 Å². The molecular formula is C25H25BrN2O6. The molecule has 2 fully saturated rings. The van der Waals surface area contributed by atoms with Crippen LogP contribution in [-0.4, -0.2) is 39.3 Å². The van der Waals surface area contributed by atoms with Crippen molar-refractivity contribution >= 4 is 45.2 Å². The number of carboxylic acid groups (broad SMARTS) is 1. The summed E-state index contributed by atoms with van der Waals surface area (Å²) in [4.78, 5) is 52.9. The minimum atomic E-state index is -1.71. The molecule has 2 amide bonds. The van der Waals surface area contributed by atoms with Crippen molar-refractivity contribution in [2.75, 3.05) is 4.90 Å². The molecule has 2 saturated heterocycles. The summed E-state index contributed by atoms with van der Waals surface area (Å²) in [6.07, 6.45) is 0.453. The number of nitrogens with zero attached hydrogens (tertiary/aromatic N) is 1. The molecule has 0 bridgehead atoms. The number of carbonyl (C=O) groups is 4. The van der Waals surface area contributed by atoms with E-state index in [1.165, 1.54) is 37.3 Å². The van der Waals surface area contributed by atoms with E-state index in [0.29, 0.717) is 22.0 Å². The van der Waals surface area contributed by atoms with Crippen molar-refractivity contribution in [3.8, 4) is 5.75 Å². The van der Waals surface area contributed by atoms with Gasteiger partial charge in [-0.1, -0.05) is 36.2 Å². The van der Waals surface area contributed by atoms with Gasteiger partial charge in [0.1, 0.15) is 11.3 Å². The van der Waals surface area contributed by atoms with Crippen LogP contribution in [0.4, 0.5) is 5.69 Å². The molecule has 178 valence electrons. The van der Waals surface area contributed by atoms with Crippen LogP contribution in [0.15, 0.2) is 46.9 Å². The topological polar surface area (TPSA) is 124 Å². The van der Waals surface area contributed by atoms with E-state index >= 15 is 0 Å². The number of aliphatic carboxylic acids is 1. The van der Waals surface area contributed by atoms with Crippen LogP contribution in [0.1, 0.15) is 49.2 Å². The van der Waals surface area contributed by atoms with Crippen molar-refractivity contribution in [1.29, 1.82) is 0 Å². The van der Waals surface area contributed by atoms with Crippen LogP contribution in [0.3, 0.4) is 0 Å². The number of hydrogen-bond donors (Lipinski definition) is 3. The third kappa shape index (κ3) is 3.45. The van der Waals surface area contributed by atoms with Gasteiger partial charge in [-0.3, -0.25) is 24.5 Å². The van der Waals surface area contributed by atoms with E-state index in [1.54, 1.807) is 19.1 Å². The molecule has 0 saturated carbocycles. The molecule has 2 aromatic carbocycles. The van der Waals surface area contributed by atoms with Gasteiger partial charge >= 0.3 is 5.97 Å². The minimum absolute atomic E-state index is 0.102. The number of fused-ring (bicyclic) bond motifs is 1. The monoisotopic (exact) mass is 528 g/mol. The number of anilines is 1. The number of phenols is 1. The van der Waals surface area contributed by atoms with Gasteiger partial charge in [-0.05, 0) is 55.3 Å². The molecule has 9 heteroatoms. The maximum absolute atomic E-state index is 13.7. The van der Waals surface area contributed by atoms with Gasteiger partial charge in [0.25, 0.3) is 0 Å². The predicted molar refractivity (Wildman–Crippen MR) is 127 cm³/mol. The molecule has 34 heavy (non-hydrogen) atoms. The maximum atomic E-state index is 13.7. The van der Waals surface area contributed by atoms with Crippen LogP contribution in [0, 0.1) is 17.8 Å². The van der Waals surface area contributed by atoms with Gasteiger partial charge in [-0.15, -0.1) is 0 Å². The second kappa shape index (κ2) is 8.63. The number of amides is 2. The lowest BCUT2D eigenvalue weighted by Gasteiger charge is -2.36. The Morgan fingerprint density at radius 1 is 1.15 bits per heavy atom. The lowest BCUT2D eigenvalue weighted by atomic mass is 9.72. The molecule has 0 radical (unpaired) electrons. The van der Waals surface area contributed by atoms with Crippen molar-refractivity contribution in [2.24, 2.45) is 17.8 Å². The third-order valence-electron chi connectivity index (χ3n) is 7.20. The summed E-state index contributed by atoms with van der Waals surface area (Å²) in [6.45, 7) is 4.98. The molecule has 8 nitrogen and oxygen atoms in total. The van der Waals surface area contributed by atoms with E-state index in [4.69, 9.17) is 0 Å². The first kappa shape index (κ1) is 24.1. The zero-order chi connectivity index (χ0) is 24.9. The number of ketones is 1. The number of Topliss-reactive ketones (excluding diaryl/α,β-unsaturated/α-hetero) is 1. The van der Waals surface area contributed by atoms with Gasteiger partial charge in [-0.25, -0.2) is 4.90 Å². The number of hydrogen-bond acceptors (Lipinski definition) is 6. The fourth-order valence-corrected chi connectivity index (χ4v) is 5.64. The average molecular weight is 529 g/mol. The second-order valence-corrected chi connectivity index (χ2v) is 9.84. The SMILES string of the molecule is CCC(C)C1(C(=O)O)NC(c2cc(Br)ccc2O)C2C(=O)N(c3ccc(C(C)=O)cc3)C(=O)C21. The zero-order valence-electron chi connectivity index (χ0n) is 18.9. The van der Waals surface area contributed by atoms with E-state index in [9.17, 15) is 29.4 Å². The number of aromatic hydroxyl groups is 1. The van der Waals surface area contributed by atoms with Gasteiger partial charge in [0.05, 0.1) is 17.5 Å². The number of nitrogens with one attached hydrogen (secondary N) is 1. The minimum Gasteiger partial charge on any atom is -0.508 e. The van der Waals surface area contributed by atoms with Crippen LogP contribution in [0.5, 0.6) is 5.75 Å². The Kier molecular flexibility index (Phi) is 6.12. The van der Waals surface area contributed by atoms with Crippen molar-refractivity contribution in [3.05, 3.63) is 58.1 Å². The Hall–Kier alpha value is -3.04. The highest BCUT2D eigenvalue weighted by atomic mass is 79.9. The summed E-state index contributed by atoms with van der Waals surface area (Å²) < 4.78 is 0.642. The number of carbonyl (C=O) groups excluding carboxylic acids is 3. The molecule has 0 aliphatic carbocycles. The average Bonchev–Trinajstić information content (AvgIpc) is 3.29. The van der Waals surface area contributed by atoms with Crippen molar-refractivity contribution in [1.82, 2.24) is 5.32 Å². The molecule has 3 N–H and O–H groups in total. The maximum Gasteiger partial charge on any atom is 0.325 e. The van der Waals surface area contributed by atoms with E-state index in [1.807, 2.05) is 6.92 Å². The van der Waals surface area contributed by atoms with Gasteiger partial charge < -0.3 is 10.2 Å². The number of carboxylic acids is 1. The lowest BCUT2D eigenvalue weighted by molar-refractivity contribution is -0.151. The number of rotatable bonds is 6. The van der Waals surface area contributed by atoms with Gasteiger partial charge in [-0.2, -0.15) is 0 Å². The van der Waals surface area contributed by atoms with Gasteiger partial charge in [0.15, 0.2) is 5.78 Å². The Morgan fingerprint density at radius 3 is 2.35 bits per heavy atom. The largest absolute Gasteiger partial charge is 0.508 e. The normalized spacial score (nSPS) is 27.1. The van der Waals surface area contributed by atoms with Crippen molar-refractivity contribution in [2.45, 2.75) is 38.8 Å². The standard InChI is InChI=1S/C25H25BrN2O6/c1-4-12(2)25(24(33)34)20-19(21(27-25)17-11-15(26)7-10-18(17)30)22(31)28(23(20)32)16-8-5-14(6-9-16)13(3)29/h5-12,19-21,27,30H,4H2,1-3H3,(H,33,34). The number of imide groups is 1. The van der Waals surface area contributed by atoms with Crippen LogP contribution in [0.2, 0.25) is 0 Å². The lowest BCUT2D eigenvalue weighted by Crippen LogP contribution is -2.59. The molecular weight excluding hydrogens is 504 g/mol. The second-order valence-electron chi connectivity index (χ2n) is 8.93. The predicted octanol–water partition coefficient (Wildman–Crippen LogP) is 3.68. The van der Waals surface area contributed by atoms with Crippen LogP contribution >= 0.6 is 15.9 Å². The first-order valence-electron chi connectivity index (χ1n) is 11.0. The molecule has 0 spiro atoms. The summed E-state index contributed by atoms with van der Waals surface area (Å²) in [5.41, 5.74) is -0.665. The molecule has 5 unspecified atom stereocenters. The summed E-state index contributed by atoms with van der Waals surface area (Å²) >= 11 is 3.37. The highest BCUT2D eigenvalue weighted by Gasteiger charge is 2.70. The Bertz CT molecular complexity index is 1200. The summed E-state index contributed by atoms with van der Waals surface area (Å²) in [5, 5.41) is 24.1. The first-order valence-corrected chi connectivity index (χ1v) is 11.8. The molecule has 2 aliphatic rings. The van der Waals surface area contributed by atoms with E-state index in [2.05, 4.69) is 21.2 Å². The molecule has 0 aromatic heterocycles. The van der Waals surface area contributed by atoms with Crippen molar-refractivity contribution in [3.63, 3.8) is 0 Å². The Balaban J connectivity index is 1.89. The first-order chi connectivity index (χ1) is 16.0.